The van der Waals surface area contributed by atoms with E-state index in [1.54, 1.807) is 50.2 Å². The molecule has 2 aromatic rings. The number of guanidine groups is 1. The molecule has 0 saturated carbocycles. The van der Waals surface area contributed by atoms with Crippen molar-refractivity contribution in [3.05, 3.63) is 54.1 Å². The van der Waals surface area contributed by atoms with Crippen molar-refractivity contribution in [2.24, 2.45) is 28.3 Å². The van der Waals surface area contributed by atoms with Crippen LogP contribution in [-0.2, 0) is 99.9 Å². The number of Topliss-reactive ketones (excluding diaryl/α,β-unsaturated/α-hetero) is 2. The van der Waals surface area contributed by atoms with Crippen molar-refractivity contribution in [2.45, 2.75) is 101 Å². The first-order valence-corrected chi connectivity index (χ1v) is 36.6. The highest BCUT2D eigenvalue weighted by molar-refractivity contribution is 8.00. The predicted molar refractivity (Wildman–Crippen MR) is 382 cm³/mol. The van der Waals surface area contributed by atoms with Gasteiger partial charge in [-0.05, 0) is 62.2 Å². The molecule has 0 radical (unpaired) electrons. The number of ketones is 2. The third-order valence-electron chi connectivity index (χ3n) is 15.8. The first-order chi connectivity index (χ1) is 50.8. The van der Waals surface area contributed by atoms with Crippen LogP contribution >= 0.6 is 11.8 Å². The van der Waals surface area contributed by atoms with E-state index in [0.717, 1.165) is 4.90 Å². The van der Waals surface area contributed by atoms with Crippen LogP contribution in [-0.4, -0.2) is 306 Å². The van der Waals surface area contributed by atoms with E-state index >= 15 is 0 Å². The molecule has 2 aliphatic heterocycles. The Hall–Kier alpha value is -6.91. The number of nitrogens with zero attached hydrogens (tertiary/aromatic N) is 2. The number of nitrogens with two attached hydrogens (primary N) is 2. The van der Waals surface area contributed by atoms with E-state index in [4.69, 9.17) is 77.8 Å². The van der Waals surface area contributed by atoms with Crippen LogP contribution in [0.2, 0.25) is 0 Å². The molecule has 2 heterocycles. The number of aliphatic hydroxyl groups excluding tert-OH is 2. The third kappa shape index (κ3) is 41.7. The minimum Gasteiger partial charge on any atom is -0.494 e. The Morgan fingerprint density at radius 1 is 0.619 bits per heavy atom. The van der Waals surface area contributed by atoms with Crippen molar-refractivity contribution in [1.29, 1.82) is 0 Å². The Morgan fingerprint density at radius 2 is 1.14 bits per heavy atom. The molecular weight excluding hydrogens is 1400 g/mol. The Kier molecular flexibility index (Phi) is 48.6. The number of aliphatic imine (C=N–C) groups is 1. The molecule has 0 aliphatic carbocycles. The SMILES string of the molecule is C[C@H]1[C@@H](O)[C@@H](NC(=O)CCSC2CC(=O)N(CCC(=O)NCCOCCOCCOCCOCCOCCOCCOCCOCCOCCOCCOCCOCCC(=O)CCCCOc3ccc(NC(=O)[C@H](CC(=O)O)CC(=O)CNC(=O)c4cccc(N=C(N)N)c4)cc3)C2=O)[C@H](C)O[C@@H]1CO. The second-order valence-corrected chi connectivity index (χ2v) is 25.4. The number of aliphatic carboxylic acids is 1. The fraction of sp³-hybridized carbons (Fsp3) is 0.686. The molecule has 0 bridgehead atoms. The summed E-state index contributed by atoms with van der Waals surface area (Å²) in [5, 5.41) is 39.5. The fourth-order valence-corrected chi connectivity index (χ4v) is 11.3. The van der Waals surface area contributed by atoms with Crippen LogP contribution in [0.25, 0.3) is 0 Å². The number of ether oxygens (including phenoxy) is 14. The highest BCUT2D eigenvalue weighted by Crippen LogP contribution is 2.28. The lowest BCUT2D eigenvalue weighted by Crippen LogP contribution is -2.60. The monoisotopic (exact) mass is 1510 g/mol. The molecule has 2 aliphatic rings. The van der Waals surface area contributed by atoms with E-state index in [1.165, 1.54) is 23.9 Å². The number of carboxylic acid groups (broad SMARTS) is 1. The summed E-state index contributed by atoms with van der Waals surface area (Å²) in [7, 11) is 0. The molecule has 0 aromatic heterocycles. The summed E-state index contributed by atoms with van der Waals surface area (Å²) in [4.78, 5) is 118. The summed E-state index contributed by atoms with van der Waals surface area (Å²) in [5.41, 5.74) is 11.7. The minimum absolute atomic E-state index is 0.00818. The number of nitrogens with one attached hydrogen (secondary N) is 4. The standard InChI is InChI=1S/C70H110N8O26S/c1-50-59(49-79)104-51(2)65(66(50)87)77-62(83)15-43-105-60-47-63(84)78(69(60)90)17-13-61(82)73-16-20-92-22-24-94-26-28-96-30-32-98-34-36-100-38-40-102-42-41-101-39-37-99-35-33-97-31-29-95-27-25-93-23-21-91-19-14-56(80)8-3-4-18-103-58-11-9-54(10-12-58)75-68(89)53(46-64(85)86)45-57(81)48-74-67(88)52-6-5-7-55(44-52)76-70(71)72/h5-7,9-12,44,50-51,53,59-60,65-66,79,87H,3-4,8,13-43,45-49H2,1-2H3,(H,73,82)(H,74,88)(H,75,89)(H,77,83)(H,85,86)(H4,71,72,76)/t50-,51+,53+,59-,60?,65+,66-/m1/s1. The van der Waals surface area contributed by atoms with Crippen LogP contribution in [0.3, 0.4) is 0 Å². The first kappa shape index (κ1) is 90.5. The second-order valence-electron chi connectivity index (χ2n) is 24.1. The molecule has 34 nitrogen and oxygen atoms in total. The zero-order chi connectivity index (χ0) is 76.1. The molecule has 592 valence electrons. The number of hydrogen-bond donors (Lipinski definition) is 9. The molecule has 11 N–H and O–H groups in total. The number of benzene rings is 2. The van der Waals surface area contributed by atoms with Crippen molar-refractivity contribution < 1.29 is 125 Å². The average molecular weight is 1510 g/mol. The Balaban J connectivity index is 0.795. The number of rotatable bonds is 64. The van der Waals surface area contributed by atoms with Gasteiger partial charge in [0, 0.05) is 74.5 Å². The average Bonchev–Trinajstić information content (AvgIpc) is 1.79. The molecule has 2 fully saturated rings. The minimum atomic E-state index is -1.27. The quantitative estimate of drug-likeness (QED) is 0.0191. The molecular formula is C70H110N8O26S. The van der Waals surface area contributed by atoms with Crippen LogP contribution in [0, 0.1) is 11.8 Å². The summed E-state index contributed by atoms with van der Waals surface area (Å²) >= 11 is 1.21. The molecule has 7 atom stereocenters. The lowest BCUT2D eigenvalue weighted by atomic mass is 9.87. The van der Waals surface area contributed by atoms with E-state index in [2.05, 4.69) is 26.3 Å². The van der Waals surface area contributed by atoms with E-state index in [-0.39, 0.29) is 98.2 Å². The van der Waals surface area contributed by atoms with Crippen molar-refractivity contribution in [3.63, 3.8) is 0 Å². The van der Waals surface area contributed by atoms with Crippen molar-refractivity contribution in [2.75, 3.05) is 202 Å². The van der Waals surface area contributed by atoms with Gasteiger partial charge in [0.15, 0.2) is 11.7 Å². The predicted octanol–water partition coefficient (Wildman–Crippen LogP) is 0.736. The molecule has 6 amide bonds. The Bertz CT molecular complexity index is 2870. The second kappa shape index (κ2) is 56.4. The van der Waals surface area contributed by atoms with Crippen LogP contribution in [0.1, 0.15) is 82.0 Å². The highest BCUT2D eigenvalue weighted by atomic mass is 32.2. The number of thioether (sulfide) groups is 1. The lowest BCUT2D eigenvalue weighted by molar-refractivity contribution is -0.161. The Morgan fingerprint density at radius 3 is 1.66 bits per heavy atom. The normalized spacial score (nSPS) is 17.5. The van der Waals surface area contributed by atoms with E-state index < -0.39 is 78.5 Å². The first-order valence-electron chi connectivity index (χ1n) is 35.5. The van der Waals surface area contributed by atoms with E-state index in [1.807, 2.05) is 0 Å². The molecule has 105 heavy (non-hydrogen) atoms. The van der Waals surface area contributed by atoms with Crippen molar-refractivity contribution in [1.82, 2.24) is 20.9 Å². The molecule has 2 saturated heterocycles. The number of aliphatic hydroxyl groups is 2. The third-order valence-corrected chi connectivity index (χ3v) is 17.0. The number of amides is 6. The van der Waals surface area contributed by atoms with Gasteiger partial charge >= 0.3 is 5.97 Å². The van der Waals surface area contributed by atoms with E-state index in [9.17, 15) is 58.5 Å². The largest absolute Gasteiger partial charge is 0.494 e. The number of hydrogen-bond acceptors (Lipinski definition) is 27. The van der Waals surface area contributed by atoms with Gasteiger partial charge in [0.2, 0.25) is 29.5 Å². The van der Waals surface area contributed by atoms with Crippen LogP contribution < -0.4 is 37.5 Å². The van der Waals surface area contributed by atoms with E-state index in [0.29, 0.717) is 201 Å². The summed E-state index contributed by atoms with van der Waals surface area (Å²) in [6, 6.07) is 11.9. The zero-order valence-electron chi connectivity index (χ0n) is 60.4. The van der Waals surface area contributed by atoms with Crippen molar-refractivity contribution in [3.8, 4) is 5.75 Å². The molecule has 4 rings (SSSR count). The van der Waals surface area contributed by atoms with Gasteiger partial charge in [0.1, 0.15) is 11.5 Å². The fourth-order valence-electron chi connectivity index (χ4n) is 10.1. The number of carbonyl (C=O) groups excluding carboxylic acids is 8. The smallest absolute Gasteiger partial charge is 0.304 e. The number of carbonyl (C=O) groups is 9. The number of unbranched alkanes of at least 4 members (excludes halogenated alkanes) is 1. The maximum Gasteiger partial charge on any atom is 0.304 e. The maximum absolute atomic E-state index is 13.0. The highest BCUT2D eigenvalue weighted by Gasteiger charge is 2.42. The molecule has 2 aromatic carbocycles. The van der Waals surface area contributed by atoms with Crippen LogP contribution in [0.4, 0.5) is 11.4 Å². The van der Waals surface area contributed by atoms with Crippen LogP contribution in [0.15, 0.2) is 53.5 Å². The van der Waals surface area contributed by atoms with Gasteiger partial charge in [-0.2, -0.15) is 0 Å². The topological polar surface area (TPSA) is 459 Å². The number of imide groups is 1. The number of likely N-dealkylation sites (tertiary alicyclic amines) is 1. The maximum atomic E-state index is 13.0. The molecule has 0 spiro atoms. The van der Waals surface area contributed by atoms with Gasteiger partial charge in [-0.3, -0.25) is 48.1 Å². The van der Waals surface area contributed by atoms with Gasteiger partial charge in [-0.15, -0.1) is 11.8 Å². The Labute approximate surface area is 617 Å². The van der Waals surface area contributed by atoms with Gasteiger partial charge in [0.25, 0.3) is 5.91 Å². The summed E-state index contributed by atoms with van der Waals surface area (Å²) in [6.07, 6.45) is -0.974. The summed E-state index contributed by atoms with van der Waals surface area (Å²) in [6.45, 7) is 12.8. The van der Waals surface area contributed by atoms with Gasteiger partial charge in [-0.25, -0.2) is 4.99 Å². The zero-order valence-corrected chi connectivity index (χ0v) is 61.2. The van der Waals surface area contributed by atoms with Crippen LogP contribution in [0.5, 0.6) is 5.75 Å². The molecule has 1 unspecified atom stereocenters. The van der Waals surface area contributed by atoms with Gasteiger partial charge < -0.3 is 114 Å². The summed E-state index contributed by atoms with van der Waals surface area (Å²) in [5.74, 6) is -5.33. The van der Waals surface area contributed by atoms with Crippen molar-refractivity contribution >= 4 is 82.1 Å². The van der Waals surface area contributed by atoms with Gasteiger partial charge in [0.05, 0.1) is 226 Å². The van der Waals surface area contributed by atoms with Gasteiger partial charge in [-0.1, -0.05) is 13.0 Å². The molecule has 35 heteroatoms. The number of anilines is 1. The lowest BCUT2D eigenvalue weighted by Gasteiger charge is -2.42. The summed E-state index contributed by atoms with van der Waals surface area (Å²) < 4.78 is 77.7. The number of carboxylic acids is 1.